The highest BCUT2D eigenvalue weighted by Crippen LogP contribution is 2.31. The lowest BCUT2D eigenvalue weighted by atomic mass is 10.1. The van der Waals surface area contributed by atoms with Gasteiger partial charge in [-0.25, -0.2) is 0 Å². The van der Waals surface area contributed by atoms with Crippen LogP contribution in [0.3, 0.4) is 0 Å². The van der Waals surface area contributed by atoms with Crippen molar-refractivity contribution in [1.82, 2.24) is 4.98 Å². The van der Waals surface area contributed by atoms with Crippen molar-refractivity contribution in [3.05, 3.63) is 58.7 Å². The number of halogens is 1. The third kappa shape index (κ3) is 4.28. The van der Waals surface area contributed by atoms with E-state index in [-0.39, 0.29) is 5.91 Å². The molecular formula is C22H22ClN3O2S. The molecule has 5 nitrogen and oxygen atoms in total. The highest BCUT2D eigenvalue weighted by molar-refractivity contribution is 7.99. The van der Waals surface area contributed by atoms with E-state index < -0.39 is 0 Å². The molecule has 1 saturated heterocycles. The number of thioether (sulfide) groups is 1. The number of carbonyl (C=O) groups is 1. The zero-order chi connectivity index (χ0) is 20.4. The average molecular weight is 428 g/mol. The van der Waals surface area contributed by atoms with Gasteiger partial charge in [-0.1, -0.05) is 11.6 Å². The van der Waals surface area contributed by atoms with Crippen LogP contribution in [0.15, 0.2) is 42.5 Å². The normalized spacial score (nSPS) is 14.1. The molecule has 1 fully saturated rings. The zero-order valence-electron chi connectivity index (χ0n) is 16.4. The summed E-state index contributed by atoms with van der Waals surface area (Å²) in [6.07, 6.45) is 0. The maximum Gasteiger partial charge on any atom is 0.257 e. The summed E-state index contributed by atoms with van der Waals surface area (Å²) in [5.74, 6) is 2.75. The van der Waals surface area contributed by atoms with Crippen LogP contribution in [0.1, 0.15) is 16.1 Å². The maximum atomic E-state index is 12.9. The van der Waals surface area contributed by atoms with Gasteiger partial charge in [-0.15, -0.1) is 0 Å². The van der Waals surface area contributed by atoms with Crippen LogP contribution in [0.4, 0.5) is 11.4 Å². The molecule has 0 unspecified atom stereocenters. The van der Waals surface area contributed by atoms with Crippen LogP contribution in [-0.2, 0) is 0 Å². The zero-order valence-corrected chi connectivity index (χ0v) is 17.9. The fraction of sp³-hybridized carbons (Fsp3) is 0.273. The second-order valence-electron chi connectivity index (χ2n) is 6.90. The summed E-state index contributed by atoms with van der Waals surface area (Å²) < 4.78 is 5.25. The van der Waals surface area contributed by atoms with Crippen LogP contribution in [0.5, 0.6) is 5.75 Å². The molecule has 1 aliphatic heterocycles. The van der Waals surface area contributed by atoms with Gasteiger partial charge in [0.1, 0.15) is 5.75 Å². The Kier molecular flexibility index (Phi) is 5.83. The molecule has 0 radical (unpaired) electrons. The molecule has 29 heavy (non-hydrogen) atoms. The molecule has 2 aromatic carbocycles. The molecule has 3 aromatic rings. The monoisotopic (exact) mass is 427 g/mol. The Morgan fingerprint density at radius 2 is 1.97 bits per heavy atom. The number of amides is 1. The number of carbonyl (C=O) groups excluding carboxylic acids is 1. The van der Waals surface area contributed by atoms with E-state index in [2.05, 4.69) is 15.2 Å². The summed E-state index contributed by atoms with van der Waals surface area (Å²) in [4.78, 5) is 19.7. The Morgan fingerprint density at radius 1 is 1.17 bits per heavy atom. The molecule has 0 saturated carbocycles. The number of aromatic nitrogens is 1. The third-order valence-corrected chi connectivity index (χ3v) is 6.26. The van der Waals surface area contributed by atoms with Gasteiger partial charge in [-0.2, -0.15) is 11.8 Å². The third-order valence-electron chi connectivity index (χ3n) is 5.02. The fourth-order valence-electron chi connectivity index (χ4n) is 3.44. The number of pyridine rings is 1. The molecule has 1 N–H and O–H groups in total. The summed E-state index contributed by atoms with van der Waals surface area (Å²) in [7, 11) is 1.62. The maximum absolute atomic E-state index is 12.9. The van der Waals surface area contributed by atoms with E-state index >= 15 is 0 Å². The molecule has 0 spiro atoms. The number of hydrogen-bond donors (Lipinski definition) is 1. The lowest BCUT2D eigenvalue weighted by Crippen LogP contribution is -2.32. The van der Waals surface area contributed by atoms with Crippen LogP contribution in [0, 0.1) is 6.92 Å². The standard InChI is InChI=1S/C22H22ClN3O2S/c1-14-18(11-15-3-5-17(28-2)13-20(15)24-14)22(27)25-16-4-6-21(19(23)12-16)26-7-9-29-10-8-26/h3-6,11-13H,7-10H2,1-2H3,(H,25,27). The number of nitrogens with one attached hydrogen (secondary N) is 1. The quantitative estimate of drug-likeness (QED) is 0.634. The number of fused-ring (bicyclic) bond motifs is 1. The Hall–Kier alpha value is -2.44. The molecular weight excluding hydrogens is 406 g/mol. The van der Waals surface area contributed by atoms with Gasteiger partial charge < -0.3 is 15.0 Å². The number of benzene rings is 2. The van der Waals surface area contributed by atoms with E-state index in [0.717, 1.165) is 46.9 Å². The van der Waals surface area contributed by atoms with Gasteiger partial charge in [0, 0.05) is 41.7 Å². The van der Waals surface area contributed by atoms with Crippen molar-refractivity contribution in [1.29, 1.82) is 0 Å². The second-order valence-corrected chi connectivity index (χ2v) is 8.53. The van der Waals surface area contributed by atoms with E-state index in [9.17, 15) is 4.79 Å². The number of aryl methyl sites for hydroxylation is 1. The Labute approximate surface area is 179 Å². The molecule has 150 valence electrons. The van der Waals surface area contributed by atoms with E-state index in [1.54, 1.807) is 7.11 Å². The Morgan fingerprint density at radius 3 is 2.69 bits per heavy atom. The minimum absolute atomic E-state index is 0.203. The van der Waals surface area contributed by atoms with E-state index in [0.29, 0.717) is 22.0 Å². The number of rotatable bonds is 4. The van der Waals surface area contributed by atoms with Gasteiger partial charge in [0.25, 0.3) is 5.91 Å². The SMILES string of the molecule is COc1ccc2cc(C(=O)Nc3ccc(N4CCSCC4)c(Cl)c3)c(C)nc2c1. The first-order valence-corrected chi connectivity index (χ1v) is 11.0. The summed E-state index contributed by atoms with van der Waals surface area (Å²) in [5.41, 5.74) is 3.69. The van der Waals surface area contributed by atoms with Crippen LogP contribution >= 0.6 is 23.4 Å². The summed E-state index contributed by atoms with van der Waals surface area (Å²) in [5, 5.41) is 4.48. The Balaban J connectivity index is 1.56. The summed E-state index contributed by atoms with van der Waals surface area (Å²) in [6, 6.07) is 13.2. The van der Waals surface area contributed by atoms with Crippen LogP contribution in [-0.4, -0.2) is 42.6 Å². The number of hydrogen-bond acceptors (Lipinski definition) is 5. The first-order valence-electron chi connectivity index (χ1n) is 9.44. The Bertz CT molecular complexity index is 1070. The second kappa shape index (κ2) is 8.51. The predicted molar refractivity (Wildman–Crippen MR) is 122 cm³/mol. The first kappa shape index (κ1) is 19.9. The summed E-state index contributed by atoms with van der Waals surface area (Å²) in [6.45, 7) is 3.81. The van der Waals surface area contributed by atoms with Crippen molar-refractivity contribution >= 4 is 51.5 Å². The molecule has 1 aliphatic rings. The predicted octanol–water partition coefficient (Wildman–Crippen LogP) is 5.01. The van der Waals surface area contributed by atoms with E-state index in [1.807, 2.05) is 61.2 Å². The largest absolute Gasteiger partial charge is 0.497 e. The highest BCUT2D eigenvalue weighted by Gasteiger charge is 2.16. The van der Waals surface area contributed by atoms with Crippen molar-refractivity contribution in [3.8, 4) is 5.75 Å². The molecule has 4 rings (SSSR count). The van der Waals surface area contributed by atoms with Crippen LogP contribution < -0.4 is 15.0 Å². The van der Waals surface area contributed by atoms with Gasteiger partial charge >= 0.3 is 0 Å². The van der Waals surface area contributed by atoms with Gasteiger partial charge in [0.15, 0.2) is 0 Å². The first-order chi connectivity index (χ1) is 14.0. The van der Waals surface area contributed by atoms with E-state index in [4.69, 9.17) is 16.3 Å². The highest BCUT2D eigenvalue weighted by atomic mass is 35.5. The molecule has 1 amide bonds. The molecule has 7 heteroatoms. The number of anilines is 2. The molecule has 1 aromatic heterocycles. The van der Waals surface area contributed by atoms with Gasteiger partial charge in [0.05, 0.1) is 34.6 Å². The van der Waals surface area contributed by atoms with Crippen LogP contribution in [0.2, 0.25) is 5.02 Å². The van der Waals surface area contributed by atoms with Gasteiger partial charge in [-0.3, -0.25) is 9.78 Å². The lowest BCUT2D eigenvalue weighted by molar-refractivity contribution is 0.102. The van der Waals surface area contributed by atoms with Gasteiger partial charge in [0.2, 0.25) is 0 Å². The topological polar surface area (TPSA) is 54.5 Å². The van der Waals surface area contributed by atoms with Crippen LogP contribution in [0.25, 0.3) is 10.9 Å². The minimum Gasteiger partial charge on any atom is -0.497 e. The molecule has 0 bridgehead atoms. The van der Waals surface area contributed by atoms with Crippen molar-refractivity contribution in [2.45, 2.75) is 6.92 Å². The average Bonchev–Trinajstić information content (AvgIpc) is 2.73. The van der Waals surface area contributed by atoms with Crippen molar-refractivity contribution in [2.24, 2.45) is 0 Å². The molecule has 0 aliphatic carbocycles. The smallest absolute Gasteiger partial charge is 0.257 e. The molecule has 0 atom stereocenters. The fourth-order valence-corrected chi connectivity index (χ4v) is 4.65. The lowest BCUT2D eigenvalue weighted by Gasteiger charge is -2.29. The van der Waals surface area contributed by atoms with E-state index in [1.165, 1.54) is 0 Å². The summed E-state index contributed by atoms with van der Waals surface area (Å²) >= 11 is 8.46. The van der Waals surface area contributed by atoms with Crippen molar-refractivity contribution in [3.63, 3.8) is 0 Å². The number of nitrogens with zero attached hydrogens (tertiary/aromatic N) is 2. The van der Waals surface area contributed by atoms with Crippen molar-refractivity contribution in [2.75, 3.05) is 41.9 Å². The molecule has 2 heterocycles. The minimum atomic E-state index is -0.203. The number of ether oxygens (including phenoxy) is 1. The van der Waals surface area contributed by atoms with Gasteiger partial charge in [-0.05, 0) is 43.3 Å². The van der Waals surface area contributed by atoms with Crippen molar-refractivity contribution < 1.29 is 9.53 Å². The number of methoxy groups -OCH3 is 1.